The van der Waals surface area contributed by atoms with Crippen LogP contribution in [-0.4, -0.2) is 25.0 Å². The second kappa shape index (κ2) is 9.65. The lowest BCUT2D eigenvalue weighted by Crippen LogP contribution is -2.26. The molecule has 0 radical (unpaired) electrons. The molecule has 8 heteroatoms. The molecule has 160 valence electrons. The Labute approximate surface area is 172 Å². The minimum atomic E-state index is -4.40. The Hall–Kier alpha value is -3.03. The number of amides is 2. The first-order chi connectivity index (χ1) is 14.3. The molecule has 0 fully saturated rings. The van der Waals surface area contributed by atoms with Gasteiger partial charge in [-0.2, -0.15) is 13.2 Å². The molecule has 0 bridgehead atoms. The molecule has 30 heavy (non-hydrogen) atoms. The largest absolute Gasteiger partial charge is 0.494 e. The monoisotopic (exact) mass is 420 g/mol. The molecule has 1 aliphatic rings. The van der Waals surface area contributed by atoms with Gasteiger partial charge >= 0.3 is 6.18 Å². The highest BCUT2D eigenvalue weighted by Crippen LogP contribution is 2.32. The second-order valence-corrected chi connectivity index (χ2v) is 7.07. The van der Waals surface area contributed by atoms with Crippen LogP contribution in [0.4, 0.5) is 18.9 Å². The summed E-state index contributed by atoms with van der Waals surface area (Å²) < 4.78 is 44.6. The number of carbonyl (C=O) groups is 2. The van der Waals surface area contributed by atoms with Crippen LogP contribution in [0, 0.1) is 0 Å². The highest BCUT2D eigenvalue weighted by Gasteiger charge is 2.32. The smallest absolute Gasteiger partial charge is 0.416 e. The molecule has 1 heterocycles. The Morgan fingerprint density at radius 2 is 1.93 bits per heavy atom. The first-order valence-corrected chi connectivity index (χ1v) is 9.80. The maximum absolute atomic E-state index is 13.0. The van der Waals surface area contributed by atoms with E-state index >= 15 is 0 Å². The van der Waals surface area contributed by atoms with Gasteiger partial charge in [0, 0.05) is 25.1 Å². The first-order valence-electron chi connectivity index (χ1n) is 9.80. The number of aryl methyl sites for hydroxylation is 1. The van der Waals surface area contributed by atoms with E-state index in [0.29, 0.717) is 31.6 Å². The summed E-state index contributed by atoms with van der Waals surface area (Å²) in [5.41, 5.74) is 1.31. The number of hydrogen-bond acceptors (Lipinski definition) is 3. The molecule has 2 amide bonds. The molecule has 3 rings (SSSR count). The third kappa shape index (κ3) is 5.98. The van der Waals surface area contributed by atoms with Gasteiger partial charge < -0.3 is 15.4 Å². The second-order valence-electron chi connectivity index (χ2n) is 7.07. The van der Waals surface area contributed by atoms with Gasteiger partial charge in [-0.05, 0) is 54.7 Å². The van der Waals surface area contributed by atoms with E-state index in [1.807, 2.05) is 6.07 Å². The zero-order valence-corrected chi connectivity index (χ0v) is 16.3. The fraction of sp³-hybridized carbons (Fsp3) is 0.364. The minimum absolute atomic E-state index is 0.00377. The van der Waals surface area contributed by atoms with Gasteiger partial charge in [-0.25, -0.2) is 0 Å². The Bertz CT molecular complexity index is 913. The fourth-order valence-corrected chi connectivity index (χ4v) is 3.31. The molecule has 0 aromatic heterocycles. The van der Waals surface area contributed by atoms with Crippen LogP contribution in [0.1, 0.15) is 36.0 Å². The van der Waals surface area contributed by atoms with E-state index in [4.69, 9.17) is 4.74 Å². The third-order valence-electron chi connectivity index (χ3n) is 4.83. The van der Waals surface area contributed by atoms with Crippen molar-refractivity contribution in [3.63, 3.8) is 0 Å². The van der Waals surface area contributed by atoms with Crippen LogP contribution in [0.5, 0.6) is 5.75 Å². The van der Waals surface area contributed by atoms with E-state index < -0.39 is 11.7 Å². The number of carbonyl (C=O) groups excluding carboxylic acids is 2. The summed E-state index contributed by atoms with van der Waals surface area (Å²) in [7, 11) is 0. The number of hydrogen-bond donors (Lipinski definition) is 2. The molecule has 0 spiro atoms. The van der Waals surface area contributed by atoms with E-state index in [0.717, 1.165) is 17.3 Å². The van der Waals surface area contributed by atoms with E-state index in [-0.39, 0.29) is 36.8 Å². The Morgan fingerprint density at radius 3 is 2.73 bits per heavy atom. The van der Waals surface area contributed by atoms with Crippen LogP contribution < -0.4 is 15.4 Å². The van der Waals surface area contributed by atoms with Gasteiger partial charge in [-0.3, -0.25) is 9.59 Å². The Balaban J connectivity index is 1.37. The molecule has 2 aromatic carbocycles. The van der Waals surface area contributed by atoms with E-state index in [2.05, 4.69) is 10.6 Å². The number of halogens is 3. The number of fused-ring (bicyclic) bond motifs is 1. The van der Waals surface area contributed by atoms with Crippen molar-refractivity contribution in [2.24, 2.45) is 0 Å². The maximum atomic E-state index is 13.0. The molecule has 0 saturated carbocycles. The SMILES string of the molecule is O=C(CCCOc1ccc2c(c1)CCC(=O)N2)NCCc1ccccc1C(F)(F)F. The normalized spacial score (nSPS) is 13.4. The number of rotatable bonds is 8. The average Bonchev–Trinajstić information content (AvgIpc) is 2.71. The zero-order valence-electron chi connectivity index (χ0n) is 16.3. The van der Waals surface area contributed by atoms with E-state index in [1.165, 1.54) is 12.1 Å². The molecule has 0 aliphatic carbocycles. The van der Waals surface area contributed by atoms with Crippen molar-refractivity contribution in [3.8, 4) is 5.75 Å². The number of ether oxygens (including phenoxy) is 1. The summed E-state index contributed by atoms with van der Waals surface area (Å²) in [6.07, 6.45) is -2.47. The fourth-order valence-electron chi connectivity index (χ4n) is 3.31. The predicted octanol–water partition coefficient (Wildman–Crippen LogP) is 4.11. The molecule has 0 saturated heterocycles. The number of alkyl halides is 3. The van der Waals surface area contributed by atoms with Crippen molar-refractivity contribution >= 4 is 17.5 Å². The highest BCUT2D eigenvalue weighted by atomic mass is 19.4. The van der Waals surface area contributed by atoms with Crippen molar-refractivity contribution in [1.82, 2.24) is 5.32 Å². The Kier molecular flexibility index (Phi) is 6.97. The summed E-state index contributed by atoms with van der Waals surface area (Å²) in [5, 5.41) is 5.45. The van der Waals surface area contributed by atoms with Crippen molar-refractivity contribution in [2.45, 2.75) is 38.3 Å². The van der Waals surface area contributed by atoms with Crippen molar-refractivity contribution < 1.29 is 27.5 Å². The summed E-state index contributed by atoms with van der Waals surface area (Å²) in [6.45, 7) is 0.485. The van der Waals surface area contributed by atoms with Gasteiger partial charge in [-0.1, -0.05) is 18.2 Å². The molecular weight excluding hydrogens is 397 g/mol. The van der Waals surface area contributed by atoms with E-state index in [1.54, 1.807) is 18.2 Å². The average molecular weight is 420 g/mol. The topological polar surface area (TPSA) is 67.4 Å². The zero-order chi connectivity index (χ0) is 21.6. The lowest BCUT2D eigenvalue weighted by molar-refractivity contribution is -0.138. The number of anilines is 1. The van der Waals surface area contributed by atoms with Gasteiger partial charge in [-0.15, -0.1) is 0 Å². The van der Waals surface area contributed by atoms with Crippen LogP contribution >= 0.6 is 0 Å². The molecule has 1 aliphatic heterocycles. The third-order valence-corrected chi connectivity index (χ3v) is 4.83. The quantitative estimate of drug-likeness (QED) is 0.632. The standard InChI is InChI=1S/C22H23F3N2O3/c23-22(24,25)18-5-2-1-4-15(18)11-12-26-20(28)6-3-13-30-17-8-9-19-16(14-17)7-10-21(29)27-19/h1-2,4-5,8-9,14H,3,6-7,10-13H2,(H,26,28)(H,27,29). The van der Waals surface area contributed by atoms with Crippen LogP contribution in [0.25, 0.3) is 0 Å². The number of benzene rings is 2. The molecule has 0 unspecified atom stereocenters. The predicted molar refractivity (Wildman–Crippen MR) is 106 cm³/mol. The van der Waals surface area contributed by atoms with Crippen LogP contribution in [0.15, 0.2) is 42.5 Å². The lowest BCUT2D eigenvalue weighted by Gasteiger charge is -2.17. The van der Waals surface area contributed by atoms with Crippen LogP contribution in [-0.2, 0) is 28.6 Å². The molecule has 2 N–H and O–H groups in total. The highest BCUT2D eigenvalue weighted by molar-refractivity contribution is 5.94. The summed E-state index contributed by atoms with van der Waals surface area (Å²) in [6, 6.07) is 10.8. The molecular formula is C22H23F3N2O3. The maximum Gasteiger partial charge on any atom is 0.416 e. The number of nitrogens with one attached hydrogen (secondary N) is 2. The minimum Gasteiger partial charge on any atom is -0.494 e. The lowest BCUT2D eigenvalue weighted by atomic mass is 10.0. The van der Waals surface area contributed by atoms with Crippen LogP contribution in [0.2, 0.25) is 0 Å². The van der Waals surface area contributed by atoms with Gasteiger partial charge in [0.15, 0.2) is 0 Å². The molecule has 2 aromatic rings. The summed E-state index contributed by atoms with van der Waals surface area (Å²) in [4.78, 5) is 23.3. The molecule has 5 nitrogen and oxygen atoms in total. The molecule has 0 atom stereocenters. The van der Waals surface area contributed by atoms with Crippen molar-refractivity contribution in [3.05, 3.63) is 59.2 Å². The summed E-state index contributed by atoms with van der Waals surface area (Å²) in [5.74, 6) is 0.453. The van der Waals surface area contributed by atoms with Gasteiger partial charge in [0.1, 0.15) is 5.75 Å². The Morgan fingerprint density at radius 1 is 1.13 bits per heavy atom. The van der Waals surface area contributed by atoms with Crippen LogP contribution in [0.3, 0.4) is 0 Å². The summed E-state index contributed by atoms with van der Waals surface area (Å²) >= 11 is 0. The van der Waals surface area contributed by atoms with Gasteiger partial charge in [0.2, 0.25) is 11.8 Å². The van der Waals surface area contributed by atoms with E-state index in [9.17, 15) is 22.8 Å². The van der Waals surface area contributed by atoms with Crippen molar-refractivity contribution in [2.75, 3.05) is 18.5 Å². The van der Waals surface area contributed by atoms with Gasteiger partial charge in [0.25, 0.3) is 0 Å². The van der Waals surface area contributed by atoms with Crippen molar-refractivity contribution in [1.29, 1.82) is 0 Å². The first kappa shape index (κ1) is 21.7. The van der Waals surface area contributed by atoms with Gasteiger partial charge in [0.05, 0.1) is 12.2 Å².